The first-order valence-electron chi connectivity index (χ1n) is 5.77. The van der Waals surface area contributed by atoms with Crippen LogP contribution in [0.15, 0.2) is 18.5 Å². The van der Waals surface area contributed by atoms with E-state index in [1.54, 1.807) is 6.20 Å². The van der Waals surface area contributed by atoms with Gasteiger partial charge in [-0.1, -0.05) is 0 Å². The molecule has 1 aromatic heterocycles. The van der Waals surface area contributed by atoms with E-state index >= 15 is 0 Å². The van der Waals surface area contributed by atoms with Gasteiger partial charge in [0.15, 0.2) is 0 Å². The first-order valence-corrected chi connectivity index (χ1v) is 5.77. The number of rotatable bonds is 4. The van der Waals surface area contributed by atoms with Gasteiger partial charge in [0, 0.05) is 18.4 Å². The first-order chi connectivity index (χ1) is 7.75. The van der Waals surface area contributed by atoms with E-state index in [1.165, 1.54) is 0 Å². The van der Waals surface area contributed by atoms with Crippen LogP contribution in [-0.4, -0.2) is 34.3 Å². The zero-order chi connectivity index (χ0) is 11.4. The van der Waals surface area contributed by atoms with Gasteiger partial charge in [0.05, 0.1) is 12.6 Å². The first kappa shape index (κ1) is 17.2. The van der Waals surface area contributed by atoms with Crippen molar-refractivity contribution in [2.45, 2.75) is 38.4 Å². The molecule has 18 heavy (non-hydrogen) atoms. The number of carbonyl (C=O) groups is 1. The normalized spacial score (nSPS) is 19.5. The third kappa shape index (κ3) is 4.84. The summed E-state index contributed by atoms with van der Waals surface area (Å²) in [5.41, 5.74) is 0. The number of amides is 1. The van der Waals surface area contributed by atoms with Gasteiger partial charge < -0.3 is 10.6 Å². The number of hydrogen-bond donors (Lipinski definition) is 2. The number of carbonyl (C=O) groups excluding carboxylic acids is 1. The SMILES string of the molecule is CC(Cn1cccn1)NC(=O)C1CCCN1.Cl.Cl. The highest BCUT2D eigenvalue weighted by molar-refractivity contribution is 5.85. The molecule has 1 aliphatic rings. The molecule has 0 saturated carbocycles. The minimum absolute atomic E-state index is 0. The molecule has 2 atom stereocenters. The summed E-state index contributed by atoms with van der Waals surface area (Å²) in [5.74, 6) is 0.108. The summed E-state index contributed by atoms with van der Waals surface area (Å²) in [7, 11) is 0. The lowest BCUT2D eigenvalue weighted by Gasteiger charge is -2.17. The standard InChI is InChI=1S/C11H18N4O.2ClH/c1-9(8-15-7-3-6-13-15)14-11(16)10-4-2-5-12-10;;/h3,6-7,9-10,12H,2,4-5,8H2,1H3,(H,14,16);2*1H. The van der Waals surface area contributed by atoms with Gasteiger partial charge in [-0.05, 0) is 32.4 Å². The average molecular weight is 295 g/mol. The molecule has 1 aromatic rings. The smallest absolute Gasteiger partial charge is 0.237 e. The molecule has 5 nitrogen and oxygen atoms in total. The topological polar surface area (TPSA) is 59.0 Å². The molecule has 0 aliphatic carbocycles. The Balaban J connectivity index is 0.00000144. The number of aromatic nitrogens is 2. The van der Waals surface area contributed by atoms with Gasteiger partial charge in [0.1, 0.15) is 0 Å². The second-order valence-electron chi connectivity index (χ2n) is 4.29. The van der Waals surface area contributed by atoms with Crippen LogP contribution in [0.3, 0.4) is 0 Å². The van der Waals surface area contributed by atoms with Crippen LogP contribution in [0.4, 0.5) is 0 Å². The molecule has 0 bridgehead atoms. The fourth-order valence-corrected chi connectivity index (χ4v) is 1.99. The maximum atomic E-state index is 11.8. The van der Waals surface area contributed by atoms with Gasteiger partial charge in [-0.25, -0.2) is 0 Å². The largest absolute Gasteiger partial charge is 0.350 e. The maximum absolute atomic E-state index is 11.8. The molecule has 2 rings (SSSR count). The Morgan fingerprint density at radius 2 is 2.39 bits per heavy atom. The van der Waals surface area contributed by atoms with Crippen molar-refractivity contribution in [1.82, 2.24) is 20.4 Å². The Morgan fingerprint density at radius 1 is 1.61 bits per heavy atom. The summed E-state index contributed by atoms with van der Waals surface area (Å²) in [4.78, 5) is 11.8. The molecular formula is C11H20Cl2N4O. The van der Waals surface area contributed by atoms with E-state index in [0.717, 1.165) is 19.4 Å². The number of nitrogens with zero attached hydrogens (tertiary/aromatic N) is 2. The van der Waals surface area contributed by atoms with Crippen molar-refractivity contribution in [3.05, 3.63) is 18.5 Å². The van der Waals surface area contributed by atoms with E-state index in [-0.39, 0.29) is 42.8 Å². The zero-order valence-corrected chi connectivity index (χ0v) is 12.0. The van der Waals surface area contributed by atoms with E-state index in [1.807, 2.05) is 23.9 Å². The summed E-state index contributed by atoms with van der Waals surface area (Å²) < 4.78 is 1.83. The van der Waals surface area contributed by atoms with Crippen molar-refractivity contribution in [1.29, 1.82) is 0 Å². The minimum Gasteiger partial charge on any atom is -0.350 e. The van der Waals surface area contributed by atoms with Crippen molar-refractivity contribution in [3.8, 4) is 0 Å². The fraction of sp³-hybridized carbons (Fsp3) is 0.636. The molecule has 0 spiro atoms. The highest BCUT2D eigenvalue weighted by Crippen LogP contribution is 2.05. The number of nitrogens with one attached hydrogen (secondary N) is 2. The van der Waals surface area contributed by atoms with Crippen LogP contribution in [-0.2, 0) is 11.3 Å². The maximum Gasteiger partial charge on any atom is 0.237 e. The van der Waals surface area contributed by atoms with Gasteiger partial charge in [-0.3, -0.25) is 9.48 Å². The monoisotopic (exact) mass is 294 g/mol. The van der Waals surface area contributed by atoms with Crippen LogP contribution in [0.25, 0.3) is 0 Å². The molecule has 2 unspecified atom stereocenters. The van der Waals surface area contributed by atoms with Gasteiger partial charge in [0.2, 0.25) is 5.91 Å². The molecule has 0 aromatic carbocycles. The molecule has 1 fully saturated rings. The predicted octanol–water partition coefficient (Wildman–Crippen LogP) is 0.983. The molecule has 2 heterocycles. The summed E-state index contributed by atoms with van der Waals surface area (Å²) in [6.45, 7) is 3.66. The fourth-order valence-electron chi connectivity index (χ4n) is 1.99. The van der Waals surface area contributed by atoms with Gasteiger partial charge in [0.25, 0.3) is 0 Å². The van der Waals surface area contributed by atoms with Crippen LogP contribution >= 0.6 is 24.8 Å². The molecule has 2 N–H and O–H groups in total. The molecule has 104 valence electrons. The number of halogens is 2. The van der Waals surface area contributed by atoms with Gasteiger partial charge >= 0.3 is 0 Å². The van der Waals surface area contributed by atoms with Crippen molar-refractivity contribution >= 4 is 30.7 Å². The van der Waals surface area contributed by atoms with E-state index < -0.39 is 0 Å². The Kier molecular flexibility index (Phi) is 7.98. The summed E-state index contributed by atoms with van der Waals surface area (Å²) in [6.07, 6.45) is 5.68. The zero-order valence-electron chi connectivity index (χ0n) is 10.3. The highest BCUT2D eigenvalue weighted by atomic mass is 35.5. The second kappa shape index (κ2) is 8.34. The van der Waals surface area contributed by atoms with E-state index in [2.05, 4.69) is 15.7 Å². The molecule has 7 heteroatoms. The van der Waals surface area contributed by atoms with Crippen LogP contribution in [0.1, 0.15) is 19.8 Å². The molecule has 1 amide bonds. The van der Waals surface area contributed by atoms with Crippen molar-refractivity contribution < 1.29 is 4.79 Å². The average Bonchev–Trinajstić information content (AvgIpc) is 2.88. The van der Waals surface area contributed by atoms with E-state index in [9.17, 15) is 4.79 Å². The third-order valence-corrected chi connectivity index (χ3v) is 2.79. The molecule has 1 aliphatic heterocycles. The van der Waals surface area contributed by atoms with Crippen molar-refractivity contribution in [2.75, 3.05) is 6.54 Å². The van der Waals surface area contributed by atoms with Crippen LogP contribution in [0, 0.1) is 0 Å². The van der Waals surface area contributed by atoms with E-state index in [0.29, 0.717) is 6.54 Å². The Bertz CT molecular complexity index is 339. The van der Waals surface area contributed by atoms with Crippen molar-refractivity contribution in [2.24, 2.45) is 0 Å². The highest BCUT2D eigenvalue weighted by Gasteiger charge is 2.22. The Morgan fingerprint density at radius 3 is 2.94 bits per heavy atom. The lowest BCUT2D eigenvalue weighted by Crippen LogP contribution is -2.45. The third-order valence-electron chi connectivity index (χ3n) is 2.79. The number of hydrogen-bond acceptors (Lipinski definition) is 3. The summed E-state index contributed by atoms with van der Waals surface area (Å²) in [6, 6.07) is 1.99. The minimum atomic E-state index is 0. The van der Waals surface area contributed by atoms with Crippen LogP contribution < -0.4 is 10.6 Å². The second-order valence-corrected chi connectivity index (χ2v) is 4.29. The van der Waals surface area contributed by atoms with Crippen molar-refractivity contribution in [3.63, 3.8) is 0 Å². The quantitative estimate of drug-likeness (QED) is 0.870. The molecular weight excluding hydrogens is 275 g/mol. The molecule has 1 saturated heterocycles. The Labute approximate surface area is 120 Å². The summed E-state index contributed by atoms with van der Waals surface area (Å²) in [5, 5.41) is 10.3. The lowest BCUT2D eigenvalue weighted by molar-refractivity contribution is -0.123. The Hall–Kier alpha value is -0.780. The van der Waals surface area contributed by atoms with Crippen LogP contribution in [0.5, 0.6) is 0 Å². The van der Waals surface area contributed by atoms with Gasteiger partial charge in [-0.15, -0.1) is 24.8 Å². The molecule has 0 radical (unpaired) electrons. The predicted molar refractivity (Wildman–Crippen MR) is 75.4 cm³/mol. The van der Waals surface area contributed by atoms with Gasteiger partial charge in [-0.2, -0.15) is 5.10 Å². The van der Waals surface area contributed by atoms with Crippen LogP contribution in [0.2, 0.25) is 0 Å². The van der Waals surface area contributed by atoms with E-state index in [4.69, 9.17) is 0 Å². The summed E-state index contributed by atoms with van der Waals surface area (Å²) >= 11 is 0. The lowest BCUT2D eigenvalue weighted by atomic mass is 10.2.